The van der Waals surface area contributed by atoms with Crippen LogP contribution in [0.3, 0.4) is 0 Å². The number of amidine groups is 1. The van der Waals surface area contributed by atoms with Crippen molar-refractivity contribution in [2.24, 2.45) is 4.99 Å². The van der Waals surface area contributed by atoms with E-state index in [9.17, 15) is 4.79 Å². The second-order valence-electron chi connectivity index (χ2n) is 6.38. The first kappa shape index (κ1) is 18.3. The SMILES string of the molecule is CCN1C(=O)/C(=C\c2ccc(N(C)C)cc2)SC1=Nc1ccc(C)cc1. The van der Waals surface area contributed by atoms with Crippen LogP contribution in [0.25, 0.3) is 6.08 Å². The van der Waals surface area contributed by atoms with Crippen LogP contribution in [-0.2, 0) is 4.79 Å². The number of hydrogen-bond acceptors (Lipinski definition) is 4. The first-order chi connectivity index (χ1) is 12.5. The molecular formula is C21H23N3OS. The third kappa shape index (κ3) is 3.99. The van der Waals surface area contributed by atoms with Crippen molar-refractivity contribution < 1.29 is 4.79 Å². The maximum Gasteiger partial charge on any atom is 0.266 e. The number of thioether (sulfide) groups is 1. The van der Waals surface area contributed by atoms with Gasteiger partial charge in [0.2, 0.25) is 0 Å². The Morgan fingerprint density at radius 3 is 2.31 bits per heavy atom. The topological polar surface area (TPSA) is 35.9 Å². The molecule has 2 aromatic carbocycles. The molecule has 1 aliphatic heterocycles. The van der Waals surface area contributed by atoms with E-state index in [1.807, 2.05) is 70.4 Å². The highest BCUT2D eigenvalue weighted by Gasteiger charge is 2.32. The molecule has 0 N–H and O–H groups in total. The number of hydrogen-bond donors (Lipinski definition) is 0. The molecule has 1 aliphatic rings. The molecule has 26 heavy (non-hydrogen) atoms. The lowest BCUT2D eigenvalue weighted by Crippen LogP contribution is -2.28. The summed E-state index contributed by atoms with van der Waals surface area (Å²) >= 11 is 1.43. The van der Waals surface area contributed by atoms with E-state index in [1.54, 1.807) is 4.90 Å². The monoisotopic (exact) mass is 365 g/mol. The zero-order chi connectivity index (χ0) is 18.7. The van der Waals surface area contributed by atoms with Gasteiger partial charge in [-0.3, -0.25) is 9.69 Å². The lowest BCUT2D eigenvalue weighted by Gasteiger charge is -2.12. The van der Waals surface area contributed by atoms with Gasteiger partial charge in [0, 0.05) is 26.3 Å². The van der Waals surface area contributed by atoms with Crippen LogP contribution < -0.4 is 4.90 Å². The van der Waals surface area contributed by atoms with Gasteiger partial charge in [0.1, 0.15) is 0 Å². The Morgan fingerprint density at radius 1 is 1.08 bits per heavy atom. The van der Waals surface area contributed by atoms with Crippen LogP contribution in [0.5, 0.6) is 0 Å². The maximum atomic E-state index is 12.7. The van der Waals surface area contributed by atoms with Gasteiger partial charge in [-0.1, -0.05) is 29.8 Å². The Kier molecular flexibility index (Phi) is 5.47. The summed E-state index contributed by atoms with van der Waals surface area (Å²) in [6, 6.07) is 16.2. The molecule has 0 unspecified atom stereocenters. The van der Waals surface area contributed by atoms with Gasteiger partial charge in [-0.05, 0) is 61.5 Å². The molecule has 5 heteroatoms. The number of rotatable bonds is 4. The van der Waals surface area contributed by atoms with Gasteiger partial charge in [0.25, 0.3) is 5.91 Å². The highest BCUT2D eigenvalue weighted by Crippen LogP contribution is 2.34. The third-order valence-electron chi connectivity index (χ3n) is 4.17. The van der Waals surface area contributed by atoms with E-state index in [4.69, 9.17) is 0 Å². The van der Waals surface area contributed by atoms with Gasteiger partial charge >= 0.3 is 0 Å². The molecule has 4 nitrogen and oxygen atoms in total. The summed E-state index contributed by atoms with van der Waals surface area (Å²) in [4.78, 5) is 21.9. The minimum Gasteiger partial charge on any atom is -0.378 e. The number of carbonyl (C=O) groups excluding carboxylic acids is 1. The van der Waals surface area contributed by atoms with Gasteiger partial charge in [0.15, 0.2) is 5.17 Å². The molecule has 0 atom stereocenters. The molecule has 0 spiro atoms. The standard InChI is InChI=1S/C21H23N3OS/c1-5-24-20(25)19(14-16-8-12-18(13-9-16)23(3)4)26-21(24)22-17-10-6-15(2)7-11-17/h6-14H,5H2,1-4H3/b19-14+,22-21?. The molecule has 3 rings (SSSR count). The van der Waals surface area contributed by atoms with Gasteiger partial charge < -0.3 is 4.90 Å². The van der Waals surface area contributed by atoms with Crippen molar-refractivity contribution in [3.63, 3.8) is 0 Å². The van der Waals surface area contributed by atoms with Crippen molar-refractivity contribution in [3.8, 4) is 0 Å². The second kappa shape index (κ2) is 7.79. The van der Waals surface area contributed by atoms with Gasteiger partial charge in [-0.2, -0.15) is 0 Å². The van der Waals surface area contributed by atoms with Crippen LogP contribution >= 0.6 is 11.8 Å². The van der Waals surface area contributed by atoms with Gasteiger partial charge in [-0.15, -0.1) is 0 Å². The van der Waals surface area contributed by atoms with E-state index in [-0.39, 0.29) is 5.91 Å². The number of nitrogens with zero attached hydrogens (tertiary/aromatic N) is 3. The summed E-state index contributed by atoms with van der Waals surface area (Å²) < 4.78 is 0. The Bertz CT molecular complexity index is 852. The minimum absolute atomic E-state index is 0.0139. The zero-order valence-corrected chi connectivity index (χ0v) is 16.4. The van der Waals surface area contributed by atoms with E-state index in [0.29, 0.717) is 11.4 Å². The molecule has 134 valence electrons. The molecule has 0 saturated carbocycles. The fourth-order valence-electron chi connectivity index (χ4n) is 2.62. The van der Waals surface area contributed by atoms with Crippen molar-refractivity contribution in [1.29, 1.82) is 0 Å². The predicted molar refractivity (Wildman–Crippen MR) is 112 cm³/mol. The molecule has 1 heterocycles. The minimum atomic E-state index is 0.0139. The van der Waals surface area contributed by atoms with E-state index in [1.165, 1.54) is 17.3 Å². The van der Waals surface area contributed by atoms with E-state index in [2.05, 4.69) is 22.0 Å². The molecule has 2 aromatic rings. The molecule has 0 aromatic heterocycles. The van der Waals surface area contributed by atoms with Crippen LogP contribution in [0, 0.1) is 6.92 Å². The smallest absolute Gasteiger partial charge is 0.266 e. The Balaban J connectivity index is 1.87. The lowest BCUT2D eigenvalue weighted by molar-refractivity contribution is -0.122. The Hall–Kier alpha value is -2.53. The summed E-state index contributed by atoms with van der Waals surface area (Å²) in [6.07, 6.45) is 1.94. The Labute approximate surface area is 159 Å². The summed E-state index contributed by atoms with van der Waals surface area (Å²) in [5.41, 5.74) is 4.20. The average molecular weight is 366 g/mol. The molecule has 1 saturated heterocycles. The largest absolute Gasteiger partial charge is 0.378 e. The fraction of sp³-hybridized carbons (Fsp3) is 0.238. The molecule has 0 aliphatic carbocycles. The van der Waals surface area contributed by atoms with Crippen molar-refractivity contribution >= 4 is 40.3 Å². The molecular weight excluding hydrogens is 342 g/mol. The van der Waals surface area contributed by atoms with Crippen molar-refractivity contribution in [2.45, 2.75) is 13.8 Å². The van der Waals surface area contributed by atoms with E-state index in [0.717, 1.165) is 22.1 Å². The van der Waals surface area contributed by atoms with Gasteiger partial charge in [-0.25, -0.2) is 4.99 Å². The summed E-state index contributed by atoms with van der Waals surface area (Å²) in [5.74, 6) is 0.0139. The number of aliphatic imine (C=N–C) groups is 1. The first-order valence-electron chi connectivity index (χ1n) is 8.62. The molecule has 0 radical (unpaired) electrons. The normalized spacial score (nSPS) is 17.4. The highest BCUT2D eigenvalue weighted by molar-refractivity contribution is 8.18. The molecule has 0 bridgehead atoms. The van der Waals surface area contributed by atoms with Gasteiger partial charge in [0.05, 0.1) is 10.6 Å². The maximum absolute atomic E-state index is 12.7. The van der Waals surface area contributed by atoms with Crippen molar-refractivity contribution in [1.82, 2.24) is 4.90 Å². The van der Waals surface area contributed by atoms with Crippen molar-refractivity contribution in [3.05, 3.63) is 64.6 Å². The lowest BCUT2D eigenvalue weighted by atomic mass is 10.2. The van der Waals surface area contributed by atoms with Crippen LogP contribution in [0.1, 0.15) is 18.1 Å². The summed E-state index contributed by atoms with van der Waals surface area (Å²) in [5, 5.41) is 0.734. The summed E-state index contributed by atoms with van der Waals surface area (Å²) in [6.45, 7) is 4.62. The van der Waals surface area contributed by atoms with E-state index < -0.39 is 0 Å². The van der Waals surface area contributed by atoms with Crippen LogP contribution in [0.2, 0.25) is 0 Å². The Morgan fingerprint density at radius 2 is 1.73 bits per heavy atom. The number of carbonyl (C=O) groups is 1. The molecule has 1 amide bonds. The number of amides is 1. The zero-order valence-electron chi connectivity index (χ0n) is 15.6. The number of benzene rings is 2. The number of aryl methyl sites for hydroxylation is 1. The van der Waals surface area contributed by atoms with Crippen molar-refractivity contribution in [2.75, 3.05) is 25.5 Å². The fourth-order valence-corrected chi connectivity index (χ4v) is 3.68. The van der Waals surface area contributed by atoms with Crippen LogP contribution in [-0.4, -0.2) is 36.6 Å². The third-order valence-corrected chi connectivity index (χ3v) is 5.18. The highest BCUT2D eigenvalue weighted by atomic mass is 32.2. The van der Waals surface area contributed by atoms with Crippen LogP contribution in [0.4, 0.5) is 11.4 Å². The van der Waals surface area contributed by atoms with Crippen LogP contribution in [0.15, 0.2) is 58.4 Å². The predicted octanol–water partition coefficient (Wildman–Crippen LogP) is 4.68. The second-order valence-corrected chi connectivity index (χ2v) is 7.39. The van der Waals surface area contributed by atoms with E-state index >= 15 is 0 Å². The number of likely N-dealkylation sites (N-methyl/N-ethyl adjacent to an activating group) is 1. The number of anilines is 1. The summed E-state index contributed by atoms with van der Waals surface area (Å²) in [7, 11) is 4.02. The average Bonchev–Trinajstić information content (AvgIpc) is 2.92. The first-order valence-corrected chi connectivity index (χ1v) is 9.43. The molecule has 1 fully saturated rings. The quantitative estimate of drug-likeness (QED) is 0.738.